The van der Waals surface area contributed by atoms with Crippen molar-refractivity contribution in [1.82, 2.24) is 10.2 Å². The Bertz CT molecular complexity index is 397. The van der Waals surface area contributed by atoms with Gasteiger partial charge < -0.3 is 14.2 Å². The highest BCUT2D eigenvalue weighted by Crippen LogP contribution is 2.27. The fraction of sp³-hybridized carbons (Fsp3) is 0.444. The Kier molecular flexibility index (Phi) is 4.71. The van der Waals surface area contributed by atoms with Crippen molar-refractivity contribution in [1.29, 1.82) is 0 Å². The standard InChI is InChI=1S/C9H11IN2O4/c1-4-16-9(13)5-6(10)8(15-3)12-11-7(5)14-2/h4H2,1-3H3. The van der Waals surface area contributed by atoms with Crippen molar-refractivity contribution in [2.24, 2.45) is 0 Å². The van der Waals surface area contributed by atoms with Gasteiger partial charge in [0.1, 0.15) is 5.56 Å². The lowest BCUT2D eigenvalue weighted by Gasteiger charge is -2.09. The third-order valence-corrected chi connectivity index (χ3v) is 2.72. The molecule has 0 radical (unpaired) electrons. The van der Waals surface area contributed by atoms with Crippen molar-refractivity contribution in [3.05, 3.63) is 9.13 Å². The zero-order valence-corrected chi connectivity index (χ0v) is 11.3. The number of carbonyl (C=O) groups excluding carboxylic acids is 1. The zero-order valence-electron chi connectivity index (χ0n) is 9.11. The van der Waals surface area contributed by atoms with Crippen molar-refractivity contribution >= 4 is 28.6 Å². The molecule has 0 saturated heterocycles. The molecule has 0 aliphatic heterocycles. The molecule has 0 bridgehead atoms. The summed E-state index contributed by atoms with van der Waals surface area (Å²) < 4.78 is 15.3. The molecule has 0 N–H and O–H groups in total. The highest BCUT2D eigenvalue weighted by Gasteiger charge is 2.23. The van der Waals surface area contributed by atoms with E-state index in [2.05, 4.69) is 10.2 Å². The highest BCUT2D eigenvalue weighted by molar-refractivity contribution is 14.1. The molecule has 0 fully saturated rings. The Labute approximate surface area is 106 Å². The second-order valence-corrected chi connectivity index (χ2v) is 3.71. The Morgan fingerprint density at radius 3 is 2.31 bits per heavy atom. The van der Waals surface area contributed by atoms with Gasteiger partial charge in [0.2, 0.25) is 11.8 Å². The van der Waals surface area contributed by atoms with Crippen LogP contribution in [0.5, 0.6) is 11.8 Å². The molecule has 0 saturated carbocycles. The smallest absolute Gasteiger partial charge is 0.345 e. The van der Waals surface area contributed by atoms with Crippen molar-refractivity contribution in [3.63, 3.8) is 0 Å². The van der Waals surface area contributed by atoms with E-state index in [0.29, 0.717) is 3.57 Å². The topological polar surface area (TPSA) is 70.5 Å². The van der Waals surface area contributed by atoms with Gasteiger partial charge in [0.25, 0.3) is 0 Å². The molecule has 6 nitrogen and oxygen atoms in total. The van der Waals surface area contributed by atoms with Crippen LogP contribution in [0.2, 0.25) is 0 Å². The van der Waals surface area contributed by atoms with Crippen molar-refractivity contribution < 1.29 is 19.0 Å². The second kappa shape index (κ2) is 5.83. The molecule has 0 aromatic carbocycles. The lowest BCUT2D eigenvalue weighted by molar-refractivity contribution is 0.0519. The average molecular weight is 338 g/mol. The van der Waals surface area contributed by atoms with E-state index in [1.165, 1.54) is 14.2 Å². The third-order valence-electron chi connectivity index (χ3n) is 1.72. The Balaban J connectivity index is 3.26. The summed E-state index contributed by atoms with van der Waals surface area (Å²) in [7, 11) is 2.86. The monoisotopic (exact) mass is 338 g/mol. The largest absolute Gasteiger partial charge is 0.479 e. The zero-order chi connectivity index (χ0) is 12.1. The predicted octanol–water partition coefficient (Wildman–Crippen LogP) is 1.28. The number of rotatable bonds is 4. The summed E-state index contributed by atoms with van der Waals surface area (Å²) in [5.74, 6) is -0.106. The van der Waals surface area contributed by atoms with Crippen LogP contribution in [-0.2, 0) is 4.74 Å². The van der Waals surface area contributed by atoms with Crippen molar-refractivity contribution in [2.75, 3.05) is 20.8 Å². The van der Waals surface area contributed by atoms with E-state index in [0.717, 1.165) is 0 Å². The summed E-state index contributed by atoms with van der Waals surface area (Å²) in [6.45, 7) is 2.01. The van der Waals surface area contributed by atoms with E-state index >= 15 is 0 Å². The van der Waals surface area contributed by atoms with Gasteiger partial charge in [-0.15, -0.1) is 10.2 Å². The summed E-state index contributed by atoms with van der Waals surface area (Å²) in [5.41, 5.74) is 0.233. The minimum atomic E-state index is -0.503. The molecule has 0 aliphatic rings. The predicted molar refractivity (Wildman–Crippen MR) is 63.8 cm³/mol. The third kappa shape index (κ3) is 2.52. The molecule has 16 heavy (non-hydrogen) atoms. The number of ether oxygens (including phenoxy) is 3. The molecule has 7 heteroatoms. The van der Waals surface area contributed by atoms with Gasteiger partial charge in [-0.1, -0.05) is 0 Å². The molecule has 1 rings (SSSR count). The second-order valence-electron chi connectivity index (χ2n) is 2.63. The maximum Gasteiger partial charge on any atom is 0.345 e. The van der Waals surface area contributed by atoms with Crippen molar-refractivity contribution in [2.45, 2.75) is 6.92 Å². The molecule has 0 atom stereocenters. The molecule has 0 unspecified atom stereocenters. The highest BCUT2D eigenvalue weighted by atomic mass is 127. The first-order chi connectivity index (χ1) is 7.65. The molecule has 0 amide bonds. The number of carbonyl (C=O) groups is 1. The quantitative estimate of drug-likeness (QED) is 0.608. The fourth-order valence-corrected chi connectivity index (χ4v) is 1.82. The Morgan fingerprint density at radius 1 is 1.25 bits per heavy atom. The molecule has 0 spiro atoms. The van der Waals surface area contributed by atoms with Crippen LogP contribution in [0.15, 0.2) is 0 Å². The normalized spacial score (nSPS) is 9.75. The van der Waals surface area contributed by atoms with Crippen LogP contribution < -0.4 is 9.47 Å². The number of nitrogens with zero attached hydrogens (tertiary/aromatic N) is 2. The van der Waals surface area contributed by atoms with Gasteiger partial charge in [0.05, 0.1) is 24.4 Å². The summed E-state index contributed by atoms with van der Waals surface area (Å²) in [5, 5.41) is 7.49. The number of esters is 1. The van der Waals surface area contributed by atoms with E-state index in [1.807, 2.05) is 22.6 Å². The van der Waals surface area contributed by atoms with Gasteiger partial charge in [-0.3, -0.25) is 0 Å². The van der Waals surface area contributed by atoms with E-state index in [1.54, 1.807) is 6.92 Å². The first-order valence-corrected chi connectivity index (χ1v) is 5.54. The molecular weight excluding hydrogens is 327 g/mol. The SMILES string of the molecule is CCOC(=O)c1c(OC)nnc(OC)c1I. The summed E-state index contributed by atoms with van der Waals surface area (Å²) >= 11 is 1.94. The molecule has 0 aliphatic carbocycles. The van der Waals surface area contributed by atoms with Crippen molar-refractivity contribution in [3.8, 4) is 11.8 Å². The van der Waals surface area contributed by atoms with Gasteiger partial charge in [0.15, 0.2) is 0 Å². The van der Waals surface area contributed by atoms with Gasteiger partial charge in [-0.25, -0.2) is 4.79 Å². The van der Waals surface area contributed by atoms with Crippen LogP contribution in [-0.4, -0.2) is 37.0 Å². The number of hydrogen-bond acceptors (Lipinski definition) is 6. The number of halogens is 1. The molecular formula is C9H11IN2O4. The van der Waals surface area contributed by atoms with Gasteiger partial charge in [-0.2, -0.15) is 0 Å². The van der Waals surface area contributed by atoms with Crippen LogP contribution in [0.4, 0.5) is 0 Å². The lowest BCUT2D eigenvalue weighted by Crippen LogP contribution is -2.12. The minimum Gasteiger partial charge on any atom is -0.479 e. The van der Waals surface area contributed by atoms with Gasteiger partial charge in [0, 0.05) is 0 Å². The van der Waals surface area contributed by atoms with Crippen LogP contribution in [0.3, 0.4) is 0 Å². The summed E-state index contributed by atoms with van der Waals surface area (Å²) in [6, 6.07) is 0. The maximum atomic E-state index is 11.7. The number of methoxy groups -OCH3 is 2. The van der Waals surface area contributed by atoms with E-state index < -0.39 is 5.97 Å². The maximum absolute atomic E-state index is 11.7. The van der Waals surface area contributed by atoms with Crippen LogP contribution in [0.25, 0.3) is 0 Å². The summed E-state index contributed by atoms with van der Waals surface area (Å²) in [6.07, 6.45) is 0. The first kappa shape index (κ1) is 12.9. The average Bonchev–Trinajstić information content (AvgIpc) is 2.28. The number of aromatic nitrogens is 2. The molecule has 1 aromatic rings. The van der Waals surface area contributed by atoms with Gasteiger partial charge >= 0.3 is 5.97 Å². The summed E-state index contributed by atoms with van der Waals surface area (Å²) in [4.78, 5) is 11.7. The molecule has 1 heterocycles. The van der Waals surface area contributed by atoms with E-state index in [-0.39, 0.29) is 23.9 Å². The van der Waals surface area contributed by atoms with Crippen LogP contribution >= 0.6 is 22.6 Å². The van der Waals surface area contributed by atoms with Crippen LogP contribution in [0, 0.1) is 3.57 Å². The fourth-order valence-electron chi connectivity index (χ4n) is 1.04. The lowest BCUT2D eigenvalue weighted by atomic mass is 10.3. The minimum absolute atomic E-state index is 0.128. The van der Waals surface area contributed by atoms with E-state index in [4.69, 9.17) is 14.2 Å². The Morgan fingerprint density at radius 2 is 1.81 bits per heavy atom. The Hall–Kier alpha value is -1.12. The number of hydrogen-bond donors (Lipinski definition) is 0. The molecule has 88 valence electrons. The first-order valence-electron chi connectivity index (χ1n) is 4.46. The molecule has 1 aromatic heterocycles. The van der Waals surface area contributed by atoms with E-state index in [9.17, 15) is 4.79 Å². The van der Waals surface area contributed by atoms with Gasteiger partial charge in [-0.05, 0) is 29.5 Å². The van der Waals surface area contributed by atoms with Crippen LogP contribution in [0.1, 0.15) is 17.3 Å².